The molecule has 62 valence electrons. The first-order chi connectivity index (χ1) is 5.22. The molecule has 1 atom stereocenters. The van der Waals surface area contributed by atoms with Crippen molar-refractivity contribution in [3.8, 4) is 0 Å². The first-order valence-electron chi connectivity index (χ1n) is 3.54. The average molecular weight is 156 g/mol. The zero-order chi connectivity index (χ0) is 8.27. The van der Waals surface area contributed by atoms with Crippen LogP contribution < -0.4 is 0 Å². The molecule has 1 aromatic heterocycles. The van der Waals surface area contributed by atoms with Crippen molar-refractivity contribution in [3.63, 3.8) is 0 Å². The Morgan fingerprint density at radius 3 is 2.73 bits per heavy atom. The van der Waals surface area contributed by atoms with E-state index in [1.165, 1.54) is 0 Å². The zero-order valence-electron chi connectivity index (χ0n) is 7.00. The molecule has 0 fully saturated rings. The van der Waals surface area contributed by atoms with Gasteiger partial charge >= 0.3 is 0 Å². The Hall–Kier alpha value is -0.900. The zero-order valence-corrected chi connectivity index (χ0v) is 7.00. The molecule has 0 bridgehead atoms. The van der Waals surface area contributed by atoms with Gasteiger partial charge in [0.2, 0.25) is 11.8 Å². The molecule has 0 aliphatic rings. The minimum Gasteiger partial charge on any atom is -0.426 e. The van der Waals surface area contributed by atoms with E-state index < -0.39 is 0 Å². The van der Waals surface area contributed by atoms with Gasteiger partial charge in [-0.2, -0.15) is 0 Å². The van der Waals surface area contributed by atoms with Gasteiger partial charge in [0.15, 0.2) is 0 Å². The van der Waals surface area contributed by atoms with E-state index in [1.807, 2.05) is 6.92 Å². The fraction of sp³-hybridized carbons (Fsp3) is 0.714. The molecule has 0 saturated heterocycles. The maximum Gasteiger partial charge on any atom is 0.219 e. The predicted octanol–water partition coefficient (Wildman–Crippen LogP) is 0.955. The third-order valence-corrected chi connectivity index (χ3v) is 1.43. The standard InChI is InChI=1S/C7H12N2O2/c1-5(10-3)4-7-9-8-6(2)11-7/h5H,4H2,1-3H3. The molecule has 0 aromatic carbocycles. The number of nitrogens with zero attached hydrogens (tertiary/aromatic N) is 2. The van der Waals surface area contributed by atoms with Crippen molar-refractivity contribution in [2.75, 3.05) is 7.11 Å². The molecular weight excluding hydrogens is 144 g/mol. The van der Waals surface area contributed by atoms with E-state index in [1.54, 1.807) is 14.0 Å². The lowest BCUT2D eigenvalue weighted by molar-refractivity contribution is 0.112. The van der Waals surface area contributed by atoms with E-state index >= 15 is 0 Å². The van der Waals surface area contributed by atoms with Crippen LogP contribution in [0.25, 0.3) is 0 Å². The van der Waals surface area contributed by atoms with Gasteiger partial charge in [-0.05, 0) is 6.92 Å². The Morgan fingerprint density at radius 2 is 2.27 bits per heavy atom. The smallest absolute Gasteiger partial charge is 0.219 e. The van der Waals surface area contributed by atoms with Crippen LogP contribution in [0.15, 0.2) is 4.42 Å². The van der Waals surface area contributed by atoms with Crippen molar-refractivity contribution in [1.29, 1.82) is 0 Å². The van der Waals surface area contributed by atoms with Crippen molar-refractivity contribution < 1.29 is 9.15 Å². The molecule has 0 saturated carbocycles. The lowest BCUT2D eigenvalue weighted by Crippen LogP contribution is -2.08. The topological polar surface area (TPSA) is 48.2 Å². The molecule has 1 rings (SSSR count). The molecule has 0 aliphatic heterocycles. The van der Waals surface area contributed by atoms with Crippen molar-refractivity contribution in [3.05, 3.63) is 11.8 Å². The van der Waals surface area contributed by atoms with E-state index in [0.717, 1.165) is 0 Å². The monoisotopic (exact) mass is 156 g/mol. The molecule has 0 spiro atoms. The fourth-order valence-electron chi connectivity index (χ4n) is 0.749. The summed E-state index contributed by atoms with van der Waals surface area (Å²) in [6.45, 7) is 3.73. The van der Waals surface area contributed by atoms with Gasteiger partial charge in [0, 0.05) is 14.0 Å². The van der Waals surface area contributed by atoms with Crippen LogP contribution >= 0.6 is 0 Å². The van der Waals surface area contributed by atoms with E-state index in [0.29, 0.717) is 18.2 Å². The normalized spacial score (nSPS) is 13.4. The molecule has 11 heavy (non-hydrogen) atoms. The number of rotatable bonds is 3. The molecule has 0 amide bonds. The SMILES string of the molecule is COC(C)Cc1nnc(C)o1. The molecule has 0 aliphatic carbocycles. The predicted molar refractivity (Wildman–Crippen MR) is 39.2 cm³/mol. The van der Waals surface area contributed by atoms with Crippen LogP contribution in [0.2, 0.25) is 0 Å². The van der Waals surface area contributed by atoms with Crippen molar-refractivity contribution >= 4 is 0 Å². The molecule has 0 N–H and O–H groups in total. The highest BCUT2D eigenvalue weighted by Crippen LogP contribution is 2.02. The number of aryl methyl sites for hydroxylation is 1. The summed E-state index contributed by atoms with van der Waals surface area (Å²) >= 11 is 0. The van der Waals surface area contributed by atoms with E-state index in [4.69, 9.17) is 9.15 Å². The number of hydrogen-bond donors (Lipinski definition) is 0. The van der Waals surface area contributed by atoms with E-state index in [2.05, 4.69) is 10.2 Å². The van der Waals surface area contributed by atoms with Crippen LogP contribution in [0.4, 0.5) is 0 Å². The maximum atomic E-state index is 5.15. The first-order valence-corrected chi connectivity index (χ1v) is 3.54. The van der Waals surface area contributed by atoms with Gasteiger partial charge < -0.3 is 9.15 Å². The summed E-state index contributed by atoms with van der Waals surface area (Å²) in [5.74, 6) is 1.24. The summed E-state index contributed by atoms with van der Waals surface area (Å²) in [5.41, 5.74) is 0. The number of hydrogen-bond acceptors (Lipinski definition) is 4. The van der Waals surface area contributed by atoms with E-state index in [9.17, 15) is 0 Å². The van der Waals surface area contributed by atoms with E-state index in [-0.39, 0.29) is 6.10 Å². The average Bonchev–Trinajstić information content (AvgIpc) is 2.35. The lowest BCUT2D eigenvalue weighted by Gasteiger charge is -2.03. The minimum atomic E-state index is 0.134. The number of methoxy groups -OCH3 is 1. The van der Waals surface area contributed by atoms with Gasteiger partial charge in [0.25, 0.3) is 0 Å². The Bertz CT molecular complexity index is 222. The lowest BCUT2D eigenvalue weighted by atomic mass is 10.3. The summed E-state index contributed by atoms with van der Waals surface area (Å²) in [6, 6.07) is 0. The molecule has 4 nitrogen and oxygen atoms in total. The summed E-state index contributed by atoms with van der Waals surface area (Å²) in [6.07, 6.45) is 0.812. The third-order valence-electron chi connectivity index (χ3n) is 1.43. The summed E-state index contributed by atoms with van der Waals surface area (Å²) in [4.78, 5) is 0. The van der Waals surface area contributed by atoms with Gasteiger partial charge in [-0.25, -0.2) is 0 Å². The highest BCUT2D eigenvalue weighted by molar-refractivity contribution is 4.80. The van der Waals surface area contributed by atoms with Gasteiger partial charge in [-0.3, -0.25) is 0 Å². The van der Waals surface area contributed by atoms with Gasteiger partial charge in [-0.1, -0.05) is 0 Å². The second kappa shape index (κ2) is 3.48. The fourth-order valence-corrected chi connectivity index (χ4v) is 0.749. The first kappa shape index (κ1) is 8.20. The Balaban J connectivity index is 2.50. The highest BCUT2D eigenvalue weighted by atomic mass is 16.5. The van der Waals surface area contributed by atoms with Crippen LogP contribution in [0, 0.1) is 6.92 Å². The molecular formula is C7H12N2O2. The quantitative estimate of drug-likeness (QED) is 0.653. The third kappa shape index (κ3) is 2.31. The van der Waals surface area contributed by atoms with Crippen LogP contribution in [0.1, 0.15) is 18.7 Å². The second-order valence-corrected chi connectivity index (χ2v) is 2.47. The molecule has 1 heterocycles. The number of aromatic nitrogens is 2. The Labute approximate surface area is 65.6 Å². The molecule has 4 heteroatoms. The second-order valence-electron chi connectivity index (χ2n) is 2.47. The minimum absolute atomic E-state index is 0.134. The van der Waals surface area contributed by atoms with Crippen LogP contribution in [0.3, 0.4) is 0 Å². The summed E-state index contributed by atoms with van der Waals surface area (Å²) in [5, 5.41) is 7.54. The van der Waals surface area contributed by atoms with Crippen LogP contribution in [-0.2, 0) is 11.2 Å². The van der Waals surface area contributed by atoms with Crippen molar-refractivity contribution in [1.82, 2.24) is 10.2 Å². The van der Waals surface area contributed by atoms with Crippen molar-refractivity contribution in [2.45, 2.75) is 26.4 Å². The molecule has 1 aromatic rings. The van der Waals surface area contributed by atoms with Gasteiger partial charge in [0.1, 0.15) is 0 Å². The van der Waals surface area contributed by atoms with Gasteiger partial charge in [0.05, 0.1) is 12.5 Å². The van der Waals surface area contributed by atoms with Crippen molar-refractivity contribution in [2.24, 2.45) is 0 Å². The van der Waals surface area contributed by atoms with Crippen LogP contribution in [0.5, 0.6) is 0 Å². The summed E-state index contributed by atoms with van der Waals surface area (Å²) in [7, 11) is 1.66. The maximum absolute atomic E-state index is 5.15. The summed E-state index contributed by atoms with van der Waals surface area (Å²) < 4.78 is 10.2. The molecule has 1 unspecified atom stereocenters. The Morgan fingerprint density at radius 1 is 1.55 bits per heavy atom. The van der Waals surface area contributed by atoms with Gasteiger partial charge in [-0.15, -0.1) is 10.2 Å². The molecule has 0 radical (unpaired) electrons. The highest BCUT2D eigenvalue weighted by Gasteiger charge is 2.06. The largest absolute Gasteiger partial charge is 0.426 e. The Kier molecular flexibility index (Phi) is 2.59. The number of ether oxygens (including phenoxy) is 1. The van der Waals surface area contributed by atoms with Crippen LogP contribution in [-0.4, -0.2) is 23.4 Å².